The van der Waals surface area contributed by atoms with Crippen LogP contribution >= 0.6 is 23.2 Å². The highest BCUT2D eigenvalue weighted by atomic mass is 35.5. The molecule has 1 aromatic carbocycles. The van der Waals surface area contributed by atoms with Gasteiger partial charge in [0.15, 0.2) is 0 Å². The van der Waals surface area contributed by atoms with Crippen LogP contribution in [0.3, 0.4) is 0 Å². The van der Waals surface area contributed by atoms with Gasteiger partial charge in [-0.05, 0) is 56.0 Å². The predicted molar refractivity (Wildman–Crippen MR) is 77.1 cm³/mol. The Balaban J connectivity index is 2.47. The molecular weight excluding hydrogens is 253 g/mol. The number of benzene rings is 1. The van der Waals surface area contributed by atoms with Gasteiger partial charge < -0.3 is 5.32 Å². The molecule has 1 rings (SSSR count). The molecule has 0 radical (unpaired) electrons. The van der Waals surface area contributed by atoms with Crippen molar-refractivity contribution in [1.29, 1.82) is 0 Å². The van der Waals surface area contributed by atoms with E-state index in [1.165, 1.54) is 0 Å². The van der Waals surface area contributed by atoms with Crippen LogP contribution in [0.2, 0.25) is 10.0 Å². The summed E-state index contributed by atoms with van der Waals surface area (Å²) >= 11 is 12.1. The molecule has 1 atom stereocenters. The van der Waals surface area contributed by atoms with Crippen molar-refractivity contribution in [2.24, 2.45) is 5.92 Å². The number of nitrogens with one attached hydrogen (secondary N) is 1. The van der Waals surface area contributed by atoms with Crippen LogP contribution in [0, 0.1) is 5.92 Å². The minimum absolute atomic E-state index is 0.577. The van der Waals surface area contributed by atoms with Crippen molar-refractivity contribution in [2.45, 2.75) is 39.2 Å². The van der Waals surface area contributed by atoms with Gasteiger partial charge in [-0.3, -0.25) is 0 Å². The van der Waals surface area contributed by atoms with E-state index in [2.05, 4.69) is 19.2 Å². The molecule has 1 aromatic rings. The fraction of sp³-hybridized carbons (Fsp3) is 0.571. The summed E-state index contributed by atoms with van der Waals surface area (Å²) in [6, 6.07) is 6.25. The molecule has 0 aliphatic rings. The molecular formula is C14H21Cl2N. The monoisotopic (exact) mass is 273 g/mol. The summed E-state index contributed by atoms with van der Waals surface area (Å²) in [7, 11) is 2.02. The van der Waals surface area contributed by atoms with Crippen LogP contribution in [0.25, 0.3) is 0 Å². The molecule has 0 heterocycles. The molecule has 3 heteroatoms. The van der Waals surface area contributed by atoms with Gasteiger partial charge in [-0.1, -0.05) is 37.0 Å². The molecule has 0 aliphatic heterocycles. The molecule has 0 fully saturated rings. The highest BCUT2D eigenvalue weighted by molar-refractivity contribution is 6.33. The second kappa shape index (κ2) is 7.25. The van der Waals surface area contributed by atoms with Crippen LogP contribution in [0.5, 0.6) is 0 Å². The molecule has 0 spiro atoms. The number of hydrogen-bond donors (Lipinski definition) is 1. The van der Waals surface area contributed by atoms with E-state index in [-0.39, 0.29) is 0 Å². The smallest absolute Gasteiger partial charge is 0.0439 e. The molecule has 0 saturated carbocycles. The summed E-state index contributed by atoms with van der Waals surface area (Å²) in [5.41, 5.74) is 1.15. The Morgan fingerprint density at radius 2 is 1.94 bits per heavy atom. The van der Waals surface area contributed by atoms with Crippen LogP contribution in [-0.4, -0.2) is 13.1 Å². The van der Waals surface area contributed by atoms with Gasteiger partial charge in [-0.15, -0.1) is 0 Å². The number of rotatable bonds is 6. The standard InChI is InChI=1S/C14H21Cl2N/c1-10(2)14(17-3)6-4-5-11-9-12(15)7-8-13(11)16/h7-10,14,17H,4-6H2,1-3H3. The van der Waals surface area contributed by atoms with E-state index in [9.17, 15) is 0 Å². The molecule has 17 heavy (non-hydrogen) atoms. The normalized spacial score (nSPS) is 13.1. The molecule has 0 saturated heterocycles. The second-order valence-corrected chi connectivity index (χ2v) is 5.61. The third-order valence-electron chi connectivity index (χ3n) is 3.14. The van der Waals surface area contributed by atoms with Gasteiger partial charge in [0.1, 0.15) is 0 Å². The zero-order valence-electron chi connectivity index (χ0n) is 10.8. The van der Waals surface area contributed by atoms with Gasteiger partial charge in [-0.25, -0.2) is 0 Å². The van der Waals surface area contributed by atoms with Crippen LogP contribution in [0.4, 0.5) is 0 Å². The van der Waals surface area contributed by atoms with Crippen molar-refractivity contribution in [1.82, 2.24) is 5.32 Å². The first-order chi connectivity index (χ1) is 8.04. The fourth-order valence-electron chi connectivity index (χ4n) is 2.06. The Hall–Kier alpha value is -0.240. The molecule has 1 N–H and O–H groups in total. The lowest BCUT2D eigenvalue weighted by Gasteiger charge is -2.20. The molecule has 0 aromatic heterocycles. The summed E-state index contributed by atoms with van der Waals surface area (Å²) in [4.78, 5) is 0. The average molecular weight is 274 g/mol. The second-order valence-electron chi connectivity index (χ2n) is 4.77. The lowest BCUT2D eigenvalue weighted by molar-refractivity contribution is 0.393. The van der Waals surface area contributed by atoms with Gasteiger partial charge in [0.25, 0.3) is 0 Å². The Labute approximate surface area is 115 Å². The van der Waals surface area contributed by atoms with Crippen molar-refractivity contribution >= 4 is 23.2 Å². The third kappa shape index (κ3) is 4.87. The Bertz CT molecular complexity index is 350. The zero-order valence-corrected chi connectivity index (χ0v) is 12.3. The topological polar surface area (TPSA) is 12.0 Å². The van der Waals surface area contributed by atoms with Gasteiger partial charge in [0.05, 0.1) is 0 Å². The van der Waals surface area contributed by atoms with Crippen molar-refractivity contribution in [2.75, 3.05) is 7.05 Å². The largest absolute Gasteiger partial charge is 0.317 e. The van der Waals surface area contributed by atoms with Crippen LogP contribution in [0.15, 0.2) is 18.2 Å². The van der Waals surface area contributed by atoms with E-state index in [0.29, 0.717) is 12.0 Å². The van der Waals surface area contributed by atoms with Gasteiger partial charge >= 0.3 is 0 Å². The summed E-state index contributed by atoms with van der Waals surface area (Å²) in [5, 5.41) is 4.94. The van der Waals surface area contributed by atoms with E-state index < -0.39 is 0 Å². The lowest BCUT2D eigenvalue weighted by Crippen LogP contribution is -2.30. The Kier molecular flexibility index (Phi) is 6.32. The van der Waals surface area contributed by atoms with E-state index >= 15 is 0 Å². The first-order valence-electron chi connectivity index (χ1n) is 6.15. The first-order valence-corrected chi connectivity index (χ1v) is 6.91. The van der Waals surface area contributed by atoms with Gasteiger partial charge in [-0.2, -0.15) is 0 Å². The van der Waals surface area contributed by atoms with Crippen molar-refractivity contribution in [3.05, 3.63) is 33.8 Å². The number of hydrogen-bond acceptors (Lipinski definition) is 1. The predicted octanol–water partition coefficient (Wildman–Crippen LogP) is 4.56. The molecule has 96 valence electrons. The quantitative estimate of drug-likeness (QED) is 0.801. The minimum atomic E-state index is 0.577. The zero-order chi connectivity index (χ0) is 12.8. The van der Waals surface area contributed by atoms with Gasteiger partial charge in [0, 0.05) is 16.1 Å². The van der Waals surface area contributed by atoms with Gasteiger partial charge in [0.2, 0.25) is 0 Å². The summed E-state index contributed by atoms with van der Waals surface area (Å²) in [6.45, 7) is 4.49. The summed E-state index contributed by atoms with van der Waals surface area (Å²) in [5.74, 6) is 0.662. The van der Waals surface area contributed by atoms with E-state index in [1.807, 2.05) is 25.2 Å². The van der Waals surface area contributed by atoms with Crippen molar-refractivity contribution < 1.29 is 0 Å². The maximum absolute atomic E-state index is 6.13. The average Bonchev–Trinajstić information content (AvgIpc) is 2.28. The Morgan fingerprint density at radius 3 is 2.53 bits per heavy atom. The molecule has 0 aliphatic carbocycles. The highest BCUT2D eigenvalue weighted by Gasteiger charge is 2.10. The summed E-state index contributed by atoms with van der Waals surface area (Å²) < 4.78 is 0. The van der Waals surface area contributed by atoms with Crippen molar-refractivity contribution in [3.63, 3.8) is 0 Å². The van der Waals surface area contributed by atoms with Crippen LogP contribution in [-0.2, 0) is 6.42 Å². The molecule has 1 unspecified atom stereocenters. The van der Waals surface area contributed by atoms with E-state index in [4.69, 9.17) is 23.2 Å². The number of aryl methyl sites for hydroxylation is 1. The fourth-order valence-corrected chi connectivity index (χ4v) is 2.47. The number of halogens is 2. The SMILES string of the molecule is CNC(CCCc1cc(Cl)ccc1Cl)C(C)C. The molecule has 0 bridgehead atoms. The molecule has 1 nitrogen and oxygen atoms in total. The van der Waals surface area contributed by atoms with Crippen LogP contribution < -0.4 is 5.32 Å². The van der Waals surface area contributed by atoms with E-state index in [0.717, 1.165) is 34.9 Å². The first kappa shape index (κ1) is 14.8. The van der Waals surface area contributed by atoms with Crippen molar-refractivity contribution in [3.8, 4) is 0 Å². The maximum atomic E-state index is 6.13. The Morgan fingerprint density at radius 1 is 1.24 bits per heavy atom. The minimum Gasteiger partial charge on any atom is -0.317 e. The van der Waals surface area contributed by atoms with Crippen LogP contribution in [0.1, 0.15) is 32.3 Å². The summed E-state index contributed by atoms with van der Waals surface area (Å²) in [6.07, 6.45) is 3.28. The highest BCUT2D eigenvalue weighted by Crippen LogP contribution is 2.22. The van der Waals surface area contributed by atoms with E-state index in [1.54, 1.807) is 0 Å². The lowest BCUT2D eigenvalue weighted by atomic mass is 9.97. The molecule has 0 amide bonds. The maximum Gasteiger partial charge on any atom is 0.0439 e. The third-order valence-corrected chi connectivity index (χ3v) is 3.75.